The number of nitrogens with zero attached hydrogens (tertiary/aromatic N) is 2. The Morgan fingerprint density at radius 2 is 2.35 bits per heavy atom. The van der Waals surface area contributed by atoms with Crippen molar-refractivity contribution in [3.63, 3.8) is 0 Å². The monoisotopic (exact) mass is 236 g/mol. The molecule has 1 saturated carbocycles. The van der Waals surface area contributed by atoms with Crippen LogP contribution in [0.1, 0.15) is 32.5 Å². The molecular weight excluding hydrogens is 216 g/mol. The second-order valence-corrected chi connectivity index (χ2v) is 4.85. The van der Waals surface area contributed by atoms with Crippen molar-refractivity contribution in [2.45, 2.75) is 51.9 Å². The molecule has 17 heavy (non-hydrogen) atoms. The average Bonchev–Trinajstić information content (AvgIpc) is 2.96. The molecular formula is C12H20N4O. The number of aromatic nitrogens is 2. The van der Waals surface area contributed by atoms with Crippen LogP contribution in [0, 0.1) is 0 Å². The van der Waals surface area contributed by atoms with Crippen LogP contribution in [-0.2, 0) is 17.9 Å². The van der Waals surface area contributed by atoms with E-state index < -0.39 is 0 Å². The normalized spacial score (nSPS) is 15.2. The number of nitrogens with one attached hydrogen (secondary N) is 2. The van der Waals surface area contributed by atoms with Crippen LogP contribution in [0.3, 0.4) is 0 Å². The van der Waals surface area contributed by atoms with Gasteiger partial charge in [-0.1, -0.05) is 0 Å². The van der Waals surface area contributed by atoms with Crippen LogP contribution in [0.15, 0.2) is 12.4 Å². The van der Waals surface area contributed by atoms with Crippen LogP contribution in [-0.4, -0.2) is 27.5 Å². The van der Waals surface area contributed by atoms with Crippen LogP contribution in [0.2, 0.25) is 0 Å². The van der Waals surface area contributed by atoms with Crippen LogP contribution in [0.5, 0.6) is 0 Å². The first kappa shape index (κ1) is 12.1. The highest BCUT2D eigenvalue weighted by Gasteiger charge is 2.21. The number of hydrogen-bond donors (Lipinski definition) is 2. The van der Waals surface area contributed by atoms with E-state index in [0.717, 1.165) is 12.4 Å². The average molecular weight is 236 g/mol. The summed E-state index contributed by atoms with van der Waals surface area (Å²) in [6, 6.07) is 0.837. The van der Waals surface area contributed by atoms with Crippen molar-refractivity contribution in [2.75, 3.05) is 0 Å². The zero-order valence-electron chi connectivity index (χ0n) is 10.4. The lowest BCUT2D eigenvalue weighted by Gasteiger charge is -2.11. The first-order valence-corrected chi connectivity index (χ1v) is 6.18. The summed E-state index contributed by atoms with van der Waals surface area (Å²) in [6.45, 7) is 5.01. The summed E-state index contributed by atoms with van der Waals surface area (Å²) < 4.78 is 1.90. The maximum absolute atomic E-state index is 11.6. The van der Waals surface area contributed by atoms with Gasteiger partial charge in [0.2, 0.25) is 5.91 Å². The molecule has 2 rings (SSSR count). The maximum Gasteiger partial charge on any atom is 0.240 e. The van der Waals surface area contributed by atoms with Gasteiger partial charge in [0, 0.05) is 24.5 Å². The van der Waals surface area contributed by atoms with Crippen molar-refractivity contribution in [3.05, 3.63) is 18.2 Å². The Morgan fingerprint density at radius 3 is 3.00 bits per heavy atom. The molecule has 0 aliphatic heterocycles. The molecule has 94 valence electrons. The van der Waals surface area contributed by atoms with E-state index >= 15 is 0 Å². The van der Waals surface area contributed by atoms with Crippen LogP contribution in [0.4, 0.5) is 0 Å². The maximum atomic E-state index is 11.6. The van der Waals surface area contributed by atoms with Gasteiger partial charge in [-0.05, 0) is 26.7 Å². The van der Waals surface area contributed by atoms with Gasteiger partial charge in [-0.15, -0.1) is 0 Å². The first-order valence-electron chi connectivity index (χ1n) is 6.18. The van der Waals surface area contributed by atoms with Gasteiger partial charge in [-0.2, -0.15) is 0 Å². The van der Waals surface area contributed by atoms with Crippen LogP contribution in [0.25, 0.3) is 0 Å². The molecule has 0 atom stereocenters. The molecule has 0 radical (unpaired) electrons. The molecule has 2 N–H and O–H groups in total. The Morgan fingerprint density at radius 1 is 1.59 bits per heavy atom. The fourth-order valence-corrected chi connectivity index (χ4v) is 1.70. The highest BCUT2D eigenvalue weighted by molar-refractivity contribution is 5.76. The molecule has 5 nitrogen and oxygen atoms in total. The van der Waals surface area contributed by atoms with Crippen molar-refractivity contribution in [2.24, 2.45) is 0 Å². The smallest absolute Gasteiger partial charge is 0.240 e. The Balaban J connectivity index is 1.86. The van der Waals surface area contributed by atoms with Gasteiger partial charge in [-0.25, -0.2) is 4.98 Å². The topological polar surface area (TPSA) is 59.0 Å². The van der Waals surface area contributed by atoms with Crippen molar-refractivity contribution in [1.29, 1.82) is 0 Å². The second kappa shape index (κ2) is 5.31. The molecule has 1 aliphatic carbocycles. The Bertz CT molecular complexity index is 382. The minimum absolute atomic E-state index is 0.0330. The van der Waals surface area contributed by atoms with E-state index in [1.807, 2.05) is 24.6 Å². The summed E-state index contributed by atoms with van der Waals surface area (Å²) in [5.41, 5.74) is 0. The van der Waals surface area contributed by atoms with Crippen LogP contribution >= 0.6 is 0 Å². The van der Waals surface area contributed by atoms with E-state index in [1.54, 1.807) is 6.20 Å². The number of rotatable bonds is 6. The van der Waals surface area contributed by atoms with E-state index in [-0.39, 0.29) is 11.9 Å². The van der Waals surface area contributed by atoms with E-state index in [1.165, 1.54) is 12.8 Å². The molecule has 1 aliphatic rings. The van der Waals surface area contributed by atoms with E-state index in [9.17, 15) is 4.79 Å². The molecule has 0 unspecified atom stereocenters. The van der Waals surface area contributed by atoms with Gasteiger partial charge >= 0.3 is 0 Å². The zero-order chi connectivity index (χ0) is 12.3. The lowest BCUT2D eigenvalue weighted by atomic mass is 10.4. The summed E-state index contributed by atoms with van der Waals surface area (Å²) in [5.74, 6) is 0.960. The number of carbonyl (C=O) groups is 1. The van der Waals surface area contributed by atoms with E-state index in [4.69, 9.17) is 0 Å². The van der Waals surface area contributed by atoms with Crippen LogP contribution < -0.4 is 10.6 Å². The highest BCUT2D eigenvalue weighted by atomic mass is 16.2. The summed E-state index contributed by atoms with van der Waals surface area (Å²) in [5, 5.41) is 6.28. The van der Waals surface area contributed by atoms with Gasteiger partial charge in [-0.3, -0.25) is 4.79 Å². The highest BCUT2D eigenvalue weighted by Crippen LogP contribution is 2.18. The van der Waals surface area contributed by atoms with E-state index in [2.05, 4.69) is 15.6 Å². The van der Waals surface area contributed by atoms with Gasteiger partial charge in [0.15, 0.2) is 0 Å². The predicted molar refractivity (Wildman–Crippen MR) is 65.4 cm³/mol. The second-order valence-electron chi connectivity index (χ2n) is 4.85. The third kappa shape index (κ3) is 3.85. The molecule has 5 heteroatoms. The number of amides is 1. The Labute approximate surface area is 102 Å². The van der Waals surface area contributed by atoms with Crippen molar-refractivity contribution in [1.82, 2.24) is 20.2 Å². The Kier molecular flexibility index (Phi) is 3.78. The van der Waals surface area contributed by atoms with E-state index in [0.29, 0.717) is 12.6 Å². The van der Waals surface area contributed by atoms with Gasteiger partial charge < -0.3 is 15.2 Å². The quantitative estimate of drug-likeness (QED) is 0.763. The van der Waals surface area contributed by atoms with Crippen molar-refractivity contribution >= 4 is 5.91 Å². The van der Waals surface area contributed by atoms with Gasteiger partial charge in [0.05, 0.1) is 6.54 Å². The molecule has 0 bridgehead atoms. The summed E-state index contributed by atoms with van der Waals surface area (Å²) in [4.78, 5) is 15.9. The lowest BCUT2D eigenvalue weighted by Crippen LogP contribution is -2.33. The number of carbonyl (C=O) groups excluding carboxylic acids is 1. The lowest BCUT2D eigenvalue weighted by molar-refractivity contribution is -0.122. The molecule has 1 aromatic rings. The van der Waals surface area contributed by atoms with Gasteiger partial charge in [0.1, 0.15) is 12.4 Å². The molecule has 0 spiro atoms. The zero-order valence-corrected chi connectivity index (χ0v) is 10.4. The summed E-state index contributed by atoms with van der Waals surface area (Å²) >= 11 is 0. The Hall–Kier alpha value is -1.36. The molecule has 0 saturated heterocycles. The third-order valence-corrected chi connectivity index (χ3v) is 2.69. The number of imidazole rings is 1. The molecule has 0 aromatic carbocycles. The molecule has 1 heterocycles. The largest absolute Gasteiger partial charge is 0.352 e. The SMILES string of the molecule is CC(C)NC(=O)Cn1ccnc1CNC1CC1. The minimum atomic E-state index is 0.0330. The third-order valence-electron chi connectivity index (χ3n) is 2.69. The fraction of sp³-hybridized carbons (Fsp3) is 0.667. The molecule has 1 amide bonds. The number of hydrogen-bond acceptors (Lipinski definition) is 3. The predicted octanol–water partition coefficient (Wildman–Crippen LogP) is 0.660. The van der Waals surface area contributed by atoms with Crippen molar-refractivity contribution < 1.29 is 4.79 Å². The fourth-order valence-electron chi connectivity index (χ4n) is 1.70. The molecule has 1 aromatic heterocycles. The van der Waals surface area contributed by atoms with Crippen molar-refractivity contribution in [3.8, 4) is 0 Å². The first-order chi connectivity index (χ1) is 8.15. The standard InChI is InChI=1S/C12H20N4O/c1-9(2)15-12(17)8-16-6-5-13-11(16)7-14-10-3-4-10/h5-6,9-10,14H,3-4,7-8H2,1-2H3,(H,15,17). The summed E-state index contributed by atoms with van der Waals surface area (Å²) in [7, 11) is 0. The molecule has 1 fully saturated rings. The van der Waals surface area contributed by atoms with Gasteiger partial charge in [0.25, 0.3) is 0 Å². The summed E-state index contributed by atoms with van der Waals surface area (Å²) in [6.07, 6.45) is 6.11. The minimum Gasteiger partial charge on any atom is -0.352 e.